The first kappa shape index (κ1) is 14.4. The zero-order chi connectivity index (χ0) is 12.6. The zero-order valence-corrected chi connectivity index (χ0v) is 9.62. The molecular formula is C10H18N2O4. The summed E-state index contributed by atoms with van der Waals surface area (Å²) < 4.78 is 4.88. The van der Waals surface area contributed by atoms with Crippen molar-refractivity contribution in [2.24, 2.45) is 5.73 Å². The van der Waals surface area contributed by atoms with E-state index in [0.29, 0.717) is 0 Å². The van der Waals surface area contributed by atoms with E-state index in [4.69, 9.17) is 10.5 Å². The molecular weight excluding hydrogens is 212 g/mol. The third-order valence-corrected chi connectivity index (χ3v) is 1.81. The van der Waals surface area contributed by atoms with Gasteiger partial charge in [-0.05, 0) is 6.42 Å². The van der Waals surface area contributed by atoms with E-state index in [1.54, 1.807) is 0 Å². The van der Waals surface area contributed by atoms with Gasteiger partial charge < -0.3 is 15.8 Å². The van der Waals surface area contributed by atoms with Crippen molar-refractivity contribution < 1.29 is 19.1 Å². The Balaban J connectivity index is 4.20. The molecule has 0 aromatic heterocycles. The van der Waals surface area contributed by atoms with E-state index in [9.17, 15) is 14.4 Å². The van der Waals surface area contributed by atoms with Crippen LogP contribution in [0.5, 0.6) is 0 Å². The van der Waals surface area contributed by atoms with Crippen LogP contribution in [0.4, 0.5) is 0 Å². The summed E-state index contributed by atoms with van der Waals surface area (Å²) in [6, 6.07) is -0.980. The van der Waals surface area contributed by atoms with Crippen molar-refractivity contribution in [2.75, 3.05) is 6.61 Å². The highest BCUT2D eigenvalue weighted by Crippen LogP contribution is 1.97. The maximum absolute atomic E-state index is 11.4. The predicted molar refractivity (Wildman–Crippen MR) is 57.3 cm³/mol. The number of ether oxygens (including phenoxy) is 1. The highest BCUT2D eigenvalue weighted by Gasteiger charge is 2.22. The van der Waals surface area contributed by atoms with Crippen LogP contribution in [-0.4, -0.2) is 30.4 Å². The third-order valence-electron chi connectivity index (χ3n) is 1.81. The molecule has 6 nitrogen and oxygen atoms in total. The summed E-state index contributed by atoms with van der Waals surface area (Å²) in [7, 11) is 0. The van der Waals surface area contributed by atoms with Gasteiger partial charge in [0.25, 0.3) is 0 Å². The summed E-state index contributed by atoms with van der Waals surface area (Å²) in [5.41, 5.74) is 4.96. The number of carbonyl (C=O) groups excluding carboxylic acids is 3. The Hall–Kier alpha value is -1.59. The average Bonchev–Trinajstić information content (AvgIpc) is 2.15. The Morgan fingerprint density at radius 1 is 1.38 bits per heavy atom. The lowest BCUT2D eigenvalue weighted by Crippen LogP contribution is -2.43. The Morgan fingerprint density at radius 2 is 2.00 bits per heavy atom. The molecule has 0 radical (unpaired) electrons. The SMILES string of the molecule is CCCCOC(=O)C(CC(N)=O)NC(C)=O. The fraction of sp³-hybridized carbons (Fsp3) is 0.700. The van der Waals surface area contributed by atoms with Crippen molar-refractivity contribution >= 4 is 17.8 Å². The summed E-state index contributed by atoms with van der Waals surface area (Å²) in [5, 5.41) is 2.32. The first-order valence-electron chi connectivity index (χ1n) is 5.19. The van der Waals surface area contributed by atoms with Crippen LogP contribution in [0, 0.1) is 0 Å². The largest absolute Gasteiger partial charge is 0.464 e. The van der Waals surface area contributed by atoms with Gasteiger partial charge in [0.05, 0.1) is 13.0 Å². The summed E-state index contributed by atoms with van der Waals surface area (Å²) in [6.07, 6.45) is 1.40. The molecule has 0 saturated heterocycles. The number of nitrogens with one attached hydrogen (secondary N) is 1. The number of amides is 2. The lowest BCUT2D eigenvalue weighted by Gasteiger charge is -2.14. The van der Waals surface area contributed by atoms with Crippen molar-refractivity contribution in [1.82, 2.24) is 5.32 Å². The topological polar surface area (TPSA) is 98.5 Å². The Kier molecular flexibility index (Phi) is 6.91. The predicted octanol–water partition coefficient (Wildman–Crippen LogP) is -0.290. The van der Waals surface area contributed by atoms with Gasteiger partial charge in [-0.1, -0.05) is 13.3 Å². The molecule has 0 heterocycles. The molecule has 0 bridgehead atoms. The molecule has 1 unspecified atom stereocenters. The first-order valence-corrected chi connectivity index (χ1v) is 5.19. The standard InChI is InChI=1S/C10H18N2O4/c1-3-4-5-16-10(15)8(6-9(11)14)12-7(2)13/h8H,3-6H2,1-2H3,(H2,11,14)(H,12,13). The lowest BCUT2D eigenvalue weighted by molar-refractivity contribution is -0.149. The fourth-order valence-electron chi connectivity index (χ4n) is 1.06. The Bertz CT molecular complexity index is 250. The van der Waals surface area contributed by atoms with Gasteiger partial charge in [0, 0.05) is 6.92 Å². The van der Waals surface area contributed by atoms with Crippen molar-refractivity contribution in [2.45, 2.75) is 39.2 Å². The van der Waals surface area contributed by atoms with Crippen LogP contribution in [0.1, 0.15) is 33.1 Å². The van der Waals surface area contributed by atoms with E-state index in [0.717, 1.165) is 12.8 Å². The molecule has 3 N–H and O–H groups in total. The van der Waals surface area contributed by atoms with Gasteiger partial charge in [-0.3, -0.25) is 9.59 Å². The van der Waals surface area contributed by atoms with Gasteiger partial charge in [0.1, 0.15) is 6.04 Å². The highest BCUT2D eigenvalue weighted by atomic mass is 16.5. The molecule has 6 heteroatoms. The molecule has 92 valence electrons. The summed E-state index contributed by atoms with van der Waals surface area (Å²) >= 11 is 0. The third kappa shape index (κ3) is 6.80. The van der Waals surface area contributed by atoms with Crippen LogP contribution in [0.2, 0.25) is 0 Å². The molecule has 0 aliphatic carbocycles. The van der Waals surface area contributed by atoms with Crippen LogP contribution in [0.15, 0.2) is 0 Å². The highest BCUT2D eigenvalue weighted by molar-refractivity contribution is 5.88. The average molecular weight is 230 g/mol. The van der Waals surface area contributed by atoms with Gasteiger partial charge in [0.15, 0.2) is 0 Å². The molecule has 0 rings (SSSR count). The van der Waals surface area contributed by atoms with E-state index in [2.05, 4.69) is 5.32 Å². The van der Waals surface area contributed by atoms with Crippen molar-refractivity contribution in [3.05, 3.63) is 0 Å². The number of unbranched alkanes of at least 4 members (excludes halogenated alkanes) is 1. The van der Waals surface area contributed by atoms with Crippen molar-refractivity contribution in [1.29, 1.82) is 0 Å². The van der Waals surface area contributed by atoms with Crippen LogP contribution in [-0.2, 0) is 19.1 Å². The van der Waals surface area contributed by atoms with Gasteiger partial charge in [-0.2, -0.15) is 0 Å². The second kappa shape index (κ2) is 7.67. The number of rotatable bonds is 7. The molecule has 16 heavy (non-hydrogen) atoms. The second-order valence-corrected chi connectivity index (χ2v) is 3.44. The van der Waals surface area contributed by atoms with Gasteiger partial charge in [-0.15, -0.1) is 0 Å². The van der Waals surface area contributed by atoms with Crippen LogP contribution >= 0.6 is 0 Å². The first-order chi connectivity index (χ1) is 7.47. The molecule has 0 aliphatic heterocycles. The van der Waals surface area contributed by atoms with Crippen LogP contribution in [0.25, 0.3) is 0 Å². The summed E-state index contributed by atoms with van der Waals surface area (Å²) in [5.74, 6) is -1.69. The van der Waals surface area contributed by atoms with Gasteiger partial charge in [0.2, 0.25) is 11.8 Å². The van der Waals surface area contributed by atoms with E-state index < -0.39 is 23.8 Å². The quantitative estimate of drug-likeness (QED) is 0.463. The minimum Gasteiger partial charge on any atom is -0.464 e. The molecule has 0 saturated carbocycles. The molecule has 0 aliphatic rings. The minimum absolute atomic E-state index is 0.245. The minimum atomic E-state index is -0.980. The summed E-state index contributed by atoms with van der Waals surface area (Å²) in [4.78, 5) is 32.9. The van der Waals surface area contributed by atoms with E-state index in [-0.39, 0.29) is 13.0 Å². The molecule has 0 spiro atoms. The van der Waals surface area contributed by atoms with Crippen molar-refractivity contribution in [3.63, 3.8) is 0 Å². The molecule has 2 amide bonds. The maximum Gasteiger partial charge on any atom is 0.329 e. The maximum atomic E-state index is 11.4. The van der Waals surface area contributed by atoms with Gasteiger partial charge >= 0.3 is 5.97 Å². The van der Waals surface area contributed by atoms with Crippen LogP contribution in [0.3, 0.4) is 0 Å². The van der Waals surface area contributed by atoms with E-state index >= 15 is 0 Å². The number of primary amides is 1. The number of esters is 1. The number of hydrogen-bond donors (Lipinski definition) is 2. The van der Waals surface area contributed by atoms with Crippen molar-refractivity contribution in [3.8, 4) is 0 Å². The van der Waals surface area contributed by atoms with E-state index in [1.807, 2.05) is 6.92 Å². The summed E-state index contributed by atoms with van der Waals surface area (Å²) in [6.45, 7) is 3.50. The number of carbonyl (C=O) groups is 3. The van der Waals surface area contributed by atoms with E-state index in [1.165, 1.54) is 6.92 Å². The smallest absolute Gasteiger partial charge is 0.329 e. The monoisotopic (exact) mass is 230 g/mol. The Labute approximate surface area is 94.5 Å². The number of nitrogens with two attached hydrogens (primary N) is 1. The fourth-order valence-corrected chi connectivity index (χ4v) is 1.06. The zero-order valence-electron chi connectivity index (χ0n) is 9.62. The lowest BCUT2D eigenvalue weighted by atomic mass is 10.2. The molecule has 0 aromatic rings. The molecule has 0 aromatic carbocycles. The second-order valence-electron chi connectivity index (χ2n) is 3.44. The van der Waals surface area contributed by atoms with Gasteiger partial charge in [-0.25, -0.2) is 4.79 Å². The molecule has 1 atom stereocenters. The van der Waals surface area contributed by atoms with Crippen LogP contribution < -0.4 is 11.1 Å². The number of hydrogen-bond acceptors (Lipinski definition) is 4. The molecule has 0 fully saturated rings. The normalized spacial score (nSPS) is 11.6. The Morgan fingerprint density at radius 3 is 2.44 bits per heavy atom.